The van der Waals surface area contributed by atoms with E-state index in [0.717, 1.165) is 16.3 Å². The van der Waals surface area contributed by atoms with Crippen molar-refractivity contribution >= 4 is 73.7 Å². The summed E-state index contributed by atoms with van der Waals surface area (Å²) in [5.41, 5.74) is 6.38. The molecule has 2 aromatic carbocycles. The van der Waals surface area contributed by atoms with Gasteiger partial charge in [0.05, 0.1) is 10.7 Å². The maximum absolute atomic E-state index is 11.5. The average Bonchev–Trinajstić information content (AvgIpc) is 2.44. The van der Waals surface area contributed by atoms with Crippen LogP contribution in [-0.2, 0) is 11.2 Å². The number of benzene rings is 2. The van der Waals surface area contributed by atoms with E-state index in [-0.39, 0.29) is 41.7 Å². The SMILES string of the molecule is N[C@H](Cc1ccc(Oc2c(I)cc([O-])cc2I)c(I)c1)C(=O)O.[Na+]. The molecule has 122 valence electrons. The predicted molar refractivity (Wildman–Crippen MR) is 110 cm³/mol. The fourth-order valence-corrected chi connectivity index (χ4v) is 4.46. The summed E-state index contributed by atoms with van der Waals surface area (Å²) in [7, 11) is 0. The normalized spacial score (nSPS) is 11.5. The molecule has 3 N–H and O–H groups in total. The van der Waals surface area contributed by atoms with Crippen LogP contribution in [0.25, 0.3) is 0 Å². The average molecular weight is 673 g/mol. The molecule has 0 heterocycles. The van der Waals surface area contributed by atoms with Gasteiger partial charge in [0, 0.05) is 0 Å². The summed E-state index contributed by atoms with van der Waals surface area (Å²) in [5, 5.41) is 20.3. The van der Waals surface area contributed by atoms with Gasteiger partial charge in [0.2, 0.25) is 0 Å². The minimum absolute atomic E-state index is 0. The Hall–Kier alpha value is 0.660. The van der Waals surface area contributed by atoms with Crippen LogP contribution in [0.3, 0.4) is 0 Å². The first-order valence-corrected chi connectivity index (χ1v) is 9.62. The van der Waals surface area contributed by atoms with Crippen LogP contribution in [-0.4, -0.2) is 17.1 Å². The van der Waals surface area contributed by atoms with Crippen LogP contribution in [0.1, 0.15) is 5.56 Å². The summed E-state index contributed by atoms with van der Waals surface area (Å²) >= 11 is 6.26. The maximum atomic E-state index is 11.5. The van der Waals surface area contributed by atoms with Gasteiger partial charge in [-0.3, -0.25) is 4.79 Å². The fraction of sp³-hybridized carbons (Fsp3) is 0.133. The van der Waals surface area contributed by atoms with Crippen molar-refractivity contribution in [3.63, 3.8) is 0 Å². The Kier molecular flexibility index (Phi) is 9.57. The number of hydrogen-bond acceptors (Lipinski definition) is 4. The van der Waals surface area contributed by atoms with Gasteiger partial charge in [-0.05, 0) is 91.9 Å². The number of hydrogen-bond donors (Lipinski definition) is 2. The minimum Gasteiger partial charge on any atom is -0.872 e. The molecule has 0 aromatic heterocycles. The zero-order valence-corrected chi connectivity index (χ0v) is 21.0. The van der Waals surface area contributed by atoms with Crippen molar-refractivity contribution in [2.45, 2.75) is 12.5 Å². The van der Waals surface area contributed by atoms with Crippen molar-refractivity contribution in [2.24, 2.45) is 5.73 Å². The molecule has 0 bridgehead atoms. The third kappa shape index (κ3) is 6.13. The van der Waals surface area contributed by atoms with Crippen molar-refractivity contribution < 1.29 is 49.3 Å². The van der Waals surface area contributed by atoms with Gasteiger partial charge in [-0.25, -0.2) is 0 Å². The van der Waals surface area contributed by atoms with Crippen LogP contribution < -0.4 is 45.1 Å². The maximum Gasteiger partial charge on any atom is 1.00 e. The second kappa shape index (κ2) is 10.1. The zero-order chi connectivity index (χ0) is 17.1. The van der Waals surface area contributed by atoms with E-state index in [1.165, 1.54) is 12.1 Å². The summed E-state index contributed by atoms with van der Waals surface area (Å²) in [6.45, 7) is 0. The number of halogens is 3. The monoisotopic (exact) mass is 673 g/mol. The van der Waals surface area contributed by atoms with Gasteiger partial charge in [0.25, 0.3) is 0 Å². The minimum atomic E-state index is -1.03. The van der Waals surface area contributed by atoms with Gasteiger partial charge < -0.3 is 20.7 Å². The number of aliphatic carboxylic acids is 1. The third-order valence-electron chi connectivity index (χ3n) is 2.95. The molecule has 2 rings (SSSR count). The Labute approximate surface area is 202 Å². The van der Waals surface area contributed by atoms with E-state index in [2.05, 4.69) is 67.8 Å². The molecule has 0 aliphatic heterocycles. The Morgan fingerprint density at radius 2 is 1.75 bits per heavy atom. The topological polar surface area (TPSA) is 95.6 Å². The second-order valence-electron chi connectivity index (χ2n) is 4.73. The number of carboxylic acids is 1. The van der Waals surface area contributed by atoms with Crippen LogP contribution >= 0.6 is 67.8 Å². The largest absolute Gasteiger partial charge is 1.00 e. The second-order valence-corrected chi connectivity index (χ2v) is 8.22. The van der Waals surface area contributed by atoms with E-state index in [0.29, 0.717) is 11.5 Å². The molecule has 1 atom stereocenters. The number of carbonyl (C=O) groups is 1. The fourth-order valence-electron chi connectivity index (χ4n) is 1.84. The number of rotatable bonds is 5. The quantitative estimate of drug-likeness (QED) is 0.353. The molecule has 0 saturated heterocycles. The molecule has 2 aromatic rings. The van der Waals surface area contributed by atoms with E-state index in [9.17, 15) is 9.90 Å². The molecule has 0 aliphatic rings. The van der Waals surface area contributed by atoms with Gasteiger partial charge in [0.15, 0.2) is 5.75 Å². The van der Waals surface area contributed by atoms with Crippen molar-refractivity contribution in [3.05, 3.63) is 46.6 Å². The molecule has 24 heavy (non-hydrogen) atoms. The molecule has 0 saturated carbocycles. The van der Waals surface area contributed by atoms with E-state index < -0.39 is 12.0 Å². The molecule has 0 spiro atoms. The van der Waals surface area contributed by atoms with Crippen LogP contribution in [0.4, 0.5) is 0 Å². The molecular formula is C15H11I3NNaO4. The molecule has 0 amide bonds. The Morgan fingerprint density at radius 1 is 1.17 bits per heavy atom. The molecule has 0 unspecified atom stereocenters. The van der Waals surface area contributed by atoms with Crippen LogP contribution in [0, 0.1) is 10.7 Å². The third-order valence-corrected chi connectivity index (χ3v) is 5.40. The van der Waals surface area contributed by atoms with E-state index in [1.54, 1.807) is 12.1 Å². The van der Waals surface area contributed by atoms with Crippen molar-refractivity contribution in [1.82, 2.24) is 0 Å². The summed E-state index contributed by atoms with van der Waals surface area (Å²) in [6, 6.07) is 7.53. The molecular weight excluding hydrogens is 662 g/mol. The van der Waals surface area contributed by atoms with Crippen LogP contribution in [0.2, 0.25) is 0 Å². The number of ether oxygens (including phenoxy) is 1. The molecule has 0 radical (unpaired) electrons. The first kappa shape index (κ1) is 22.7. The Morgan fingerprint density at radius 3 is 2.25 bits per heavy atom. The Balaban J connectivity index is 0.00000288. The number of carboxylic acid groups (broad SMARTS) is 1. The zero-order valence-electron chi connectivity index (χ0n) is 12.6. The first-order valence-electron chi connectivity index (χ1n) is 6.38. The van der Waals surface area contributed by atoms with E-state index in [1.807, 2.05) is 6.07 Å². The first-order chi connectivity index (χ1) is 10.8. The van der Waals surface area contributed by atoms with Gasteiger partial charge >= 0.3 is 35.5 Å². The van der Waals surface area contributed by atoms with Crippen LogP contribution in [0.15, 0.2) is 30.3 Å². The van der Waals surface area contributed by atoms with Crippen molar-refractivity contribution in [2.75, 3.05) is 0 Å². The molecule has 0 fully saturated rings. The van der Waals surface area contributed by atoms with Gasteiger partial charge in [-0.1, -0.05) is 18.2 Å². The summed E-state index contributed by atoms with van der Waals surface area (Å²) < 4.78 is 8.25. The van der Waals surface area contributed by atoms with Crippen molar-refractivity contribution in [1.29, 1.82) is 0 Å². The summed E-state index contributed by atoms with van der Waals surface area (Å²) in [5.74, 6) is 0.201. The Bertz CT molecular complexity index is 734. The van der Waals surface area contributed by atoms with Crippen molar-refractivity contribution in [3.8, 4) is 17.2 Å². The molecule has 9 heteroatoms. The summed E-state index contributed by atoms with van der Waals surface area (Å²) in [6.07, 6.45) is 0.256. The standard InChI is InChI=1S/C15H12I3NO4.Na/c16-9-3-7(4-12(19)15(21)22)1-2-13(9)23-14-10(17)5-8(20)6-11(14)18;/h1-3,5-6,12,20H,4,19H2,(H,21,22);/q;+1/p-1/t12-;/m1./s1. The smallest absolute Gasteiger partial charge is 0.872 e. The van der Waals surface area contributed by atoms with Gasteiger partial charge in [-0.15, -0.1) is 5.75 Å². The summed E-state index contributed by atoms with van der Waals surface area (Å²) in [4.78, 5) is 10.8. The number of nitrogens with two attached hydrogens (primary N) is 1. The van der Waals surface area contributed by atoms with E-state index >= 15 is 0 Å². The van der Waals surface area contributed by atoms with Gasteiger partial charge in [-0.2, -0.15) is 0 Å². The van der Waals surface area contributed by atoms with Crippen LogP contribution in [0.5, 0.6) is 17.2 Å². The van der Waals surface area contributed by atoms with Gasteiger partial charge in [0.1, 0.15) is 11.8 Å². The van der Waals surface area contributed by atoms with E-state index in [4.69, 9.17) is 15.6 Å². The molecule has 0 aliphatic carbocycles. The predicted octanol–water partition coefficient (Wildman–Crippen LogP) is 0.325. The molecule has 5 nitrogen and oxygen atoms in total.